The molecule has 0 spiro atoms. The Morgan fingerprint density at radius 3 is 2.29 bits per heavy atom. The first kappa shape index (κ1) is 21.4. The van der Waals surface area contributed by atoms with Crippen LogP contribution >= 0.6 is 0 Å². The first-order valence-corrected chi connectivity index (χ1v) is 9.21. The van der Waals surface area contributed by atoms with E-state index in [1.54, 1.807) is 36.4 Å². The second kappa shape index (κ2) is 9.93. The lowest BCUT2D eigenvalue weighted by atomic mass is 10.1. The minimum absolute atomic E-state index is 0.109. The summed E-state index contributed by atoms with van der Waals surface area (Å²) < 4.78 is 18.8. The van der Waals surface area contributed by atoms with Gasteiger partial charge in [0.05, 0.1) is 17.5 Å². The maximum atomic E-state index is 13.5. The molecular formula is C23H18FN3O4. The van der Waals surface area contributed by atoms with Gasteiger partial charge in [-0.2, -0.15) is 5.10 Å². The van der Waals surface area contributed by atoms with Crippen molar-refractivity contribution in [1.82, 2.24) is 5.43 Å². The fourth-order valence-electron chi connectivity index (χ4n) is 2.54. The van der Waals surface area contributed by atoms with Crippen LogP contribution in [-0.4, -0.2) is 24.0 Å². The summed E-state index contributed by atoms with van der Waals surface area (Å²) in [5.74, 6) is -2.88. The summed E-state index contributed by atoms with van der Waals surface area (Å²) in [5.41, 5.74) is 3.82. The highest BCUT2D eigenvalue weighted by Gasteiger charge is 2.14. The fraction of sp³-hybridized carbons (Fsp3) is 0.0435. The minimum Gasteiger partial charge on any atom is -0.423 e. The molecule has 3 aromatic rings. The average molecular weight is 419 g/mol. The monoisotopic (exact) mass is 419 g/mol. The maximum Gasteiger partial charge on any atom is 0.343 e. The van der Waals surface area contributed by atoms with Gasteiger partial charge < -0.3 is 10.1 Å². The molecule has 0 atom stereocenters. The van der Waals surface area contributed by atoms with Crippen molar-refractivity contribution in [1.29, 1.82) is 0 Å². The molecule has 2 N–H and O–H groups in total. The van der Waals surface area contributed by atoms with Gasteiger partial charge in [0, 0.05) is 0 Å². The van der Waals surface area contributed by atoms with E-state index >= 15 is 0 Å². The normalized spacial score (nSPS) is 10.5. The predicted molar refractivity (Wildman–Crippen MR) is 113 cm³/mol. The Morgan fingerprint density at radius 1 is 0.903 bits per heavy atom. The lowest BCUT2D eigenvalue weighted by Crippen LogP contribution is -2.32. The third-order valence-electron chi connectivity index (χ3n) is 4.16. The van der Waals surface area contributed by atoms with Gasteiger partial charge in [-0.1, -0.05) is 30.3 Å². The summed E-state index contributed by atoms with van der Waals surface area (Å²) in [6, 6.07) is 19.0. The molecule has 31 heavy (non-hydrogen) atoms. The zero-order valence-corrected chi connectivity index (χ0v) is 16.5. The van der Waals surface area contributed by atoms with Crippen LogP contribution in [0, 0.1) is 12.7 Å². The number of carbonyl (C=O) groups is 3. The Balaban J connectivity index is 1.53. The molecule has 0 radical (unpaired) electrons. The number of esters is 1. The first-order chi connectivity index (χ1) is 14.9. The van der Waals surface area contributed by atoms with E-state index in [0.29, 0.717) is 16.9 Å². The molecule has 0 aliphatic rings. The van der Waals surface area contributed by atoms with E-state index in [1.165, 1.54) is 24.4 Å². The Kier molecular flexibility index (Phi) is 6.85. The number of amides is 2. The van der Waals surface area contributed by atoms with E-state index in [4.69, 9.17) is 4.74 Å². The average Bonchev–Trinajstić information content (AvgIpc) is 2.76. The highest BCUT2D eigenvalue weighted by molar-refractivity contribution is 6.39. The summed E-state index contributed by atoms with van der Waals surface area (Å²) in [4.78, 5) is 35.8. The van der Waals surface area contributed by atoms with Crippen LogP contribution in [0.4, 0.5) is 10.1 Å². The van der Waals surface area contributed by atoms with Gasteiger partial charge in [0.25, 0.3) is 0 Å². The summed E-state index contributed by atoms with van der Waals surface area (Å²) in [6.45, 7) is 1.82. The topological polar surface area (TPSA) is 96.9 Å². The van der Waals surface area contributed by atoms with Crippen molar-refractivity contribution in [3.05, 3.63) is 95.3 Å². The third-order valence-corrected chi connectivity index (χ3v) is 4.16. The zero-order valence-electron chi connectivity index (χ0n) is 16.5. The van der Waals surface area contributed by atoms with E-state index in [1.807, 2.05) is 19.1 Å². The van der Waals surface area contributed by atoms with Gasteiger partial charge in [-0.25, -0.2) is 14.6 Å². The first-order valence-electron chi connectivity index (χ1n) is 9.21. The number of nitrogens with one attached hydrogen (secondary N) is 2. The number of para-hydroxylation sites is 1. The van der Waals surface area contributed by atoms with E-state index in [0.717, 1.165) is 11.6 Å². The SMILES string of the molecule is Cc1ccccc1C(=O)Oc1ccc(/C=N/NC(=O)C(=O)Nc2ccccc2F)cc1. The Hall–Kier alpha value is -4.33. The number of halogens is 1. The van der Waals surface area contributed by atoms with Crippen LogP contribution in [0.1, 0.15) is 21.5 Å². The van der Waals surface area contributed by atoms with Crippen molar-refractivity contribution in [3.8, 4) is 5.75 Å². The number of carbonyl (C=O) groups excluding carboxylic acids is 3. The highest BCUT2D eigenvalue weighted by Crippen LogP contribution is 2.15. The molecule has 0 saturated carbocycles. The van der Waals surface area contributed by atoms with Crippen LogP contribution in [0.5, 0.6) is 5.75 Å². The van der Waals surface area contributed by atoms with Crippen LogP contribution in [-0.2, 0) is 9.59 Å². The smallest absolute Gasteiger partial charge is 0.343 e. The van der Waals surface area contributed by atoms with Crippen molar-refractivity contribution >= 4 is 29.7 Å². The number of aryl methyl sites for hydroxylation is 1. The molecule has 8 heteroatoms. The molecule has 0 fully saturated rings. The summed E-state index contributed by atoms with van der Waals surface area (Å²) in [5, 5.41) is 5.84. The number of hydrogen-bond donors (Lipinski definition) is 2. The molecule has 0 bridgehead atoms. The van der Waals surface area contributed by atoms with Gasteiger partial charge in [-0.05, 0) is 60.5 Å². The molecule has 3 rings (SSSR count). The van der Waals surface area contributed by atoms with Crippen molar-refractivity contribution in [2.24, 2.45) is 5.10 Å². The molecule has 0 aliphatic carbocycles. The second-order valence-corrected chi connectivity index (χ2v) is 6.41. The number of hydrazone groups is 1. The van der Waals surface area contributed by atoms with Crippen LogP contribution in [0.2, 0.25) is 0 Å². The number of benzene rings is 3. The van der Waals surface area contributed by atoms with Gasteiger partial charge >= 0.3 is 17.8 Å². The van der Waals surface area contributed by atoms with Gasteiger partial charge in [0.15, 0.2) is 0 Å². The molecule has 0 saturated heterocycles. The van der Waals surface area contributed by atoms with E-state index in [2.05, 4.69) is 15.8 Å². The molecule has 0 unspecified atom stereocenters. The van der Waals surface area contributed by atoms with Crippen molar-refractivity contribution in [2.45, 2.75) is 6.92 Å². The fourth-order valence-corrected chi connectivity index (χ4v) is 2.54. The molecular weight excluding hydrogens is 401 g/mol. The van der Waals surface area contributed by atoms with Crippen LogP contribution in [0.15, 0.2) is 77.9 Å². The van der Waals surface area contributed by atoms with Crippen LogP contribution < -0.4 is 15.5 Å². The van der Waals surface area contributed by atoms with E-state index in [9.17, 15) is 18.8 Å². The number of rotatable bonds is 5. The molecule has 2 amide bonds. The Labute approximate surface area is 177 Å². The van der Waals surface area contributed by atoms with Gasteiger partial charge in [-0.3, -0.25) is 9.59 Å². The molecule has 156 valence electrons. The number of ether oxygens (including phenoxy) is 1. The summed E-state index contributed by atoms with van der Waals surface area (Å²) in [7, 11) is 0. The van der Waals surface area contributed by atoms with Gasteiger partial charge in [0.1, 0.15) is 11.6 Å². The number of hydrogen-bond acceptors (Lipinski definition) is 5. The molecule has 3 aromatic carbocycles. The van der Waals surface area contributed by atoms with Crippen LogP contribution in [0.25, 0.3) is 0 Å². The minimum atomic E-state index is -1.05. The zero-order chi connectivity index (χ0) is 22.2. The quantitative estimate of drug-likeness (QED) is 0.218. The van der Waals surface area contributed by atoms with E-state index < -0.39 is 23.6 Å². The van der Waals surface area contributed by atoms with Crippen molar-refractivity contribution in [3.63, 3.8) is 0 Å². The molecule has 7 nitrogen and oxygen atoms in total. The van der Waals surface area contributed by atoms with Gasteiger partial charge in [-0.15, -0.1) is 0 Å². The second-order valence-electron chi connectivity index (χ2n) is 6.41. The lowest BCUT2D eigenvalue weighted by Gasteiger charge is -2.06. The Morgan fingerprint density at radius 2 is 1.58 bits per heavy atom. The lowest BCUT2D eigenvalue weighted by molar-refractivity contribution is -0.136. The third kappa shape index (κ3) is 5.83. The van der Waals surface area contributed by atoms with Gasteiger partial charge in [0.2, 0.25) is 0 Å². The maximum absolute atomic E-state index is 13.5. The standard InChI is InChI=1S/C23H18FN3O4/c1-15-6-2-3-7-18(15)23(30)31-17-12-10-16(11-13-17)14-25-27-22(29)21(28)26-20-9-5-4-8-19(20)24/h2-14H,1H3,(H,26,28)(H,27,29)/b25-14+. The van der Waals surface area contributed by atoms with Crippen molar-refractivity contribution < 1.29 is 23.5 Å². The number of anilines is 1. The Bertz CT molecular complexity index is 1140. The molecule has 0 aliphatic heterocycles. The largest absolute Gasteiger partial charge is 0.423 e. The van der Waals surface area contributed by atoms with Crippen molar-refractivity contribution in [2.75, 3.05) is 5.32 Å². The highest BCUT2D eigenvalue weighted by atomic mass is 19.1. The molecule has 0 heterocycles. The summed E-state index contributed by atoms with van der Waals surface area (Å²) in [6.07, 6.45) is 1.31. The van der Waals surface area contributed by atoms with Crippen LogP contribution in [0.3, 0.4) is 0 Å². The predicted octanol–water partition coefficient (Wildman–Crippen LogP) is 3.44. The van der Waals surface area contributed by atoms with E-state index in [-0.39, 0.29) is 5.69 Å². The molecule has 0 aromatic heterocycles. The summed E-state index contributed by atoms with van der Waals surface area (Å²) >= 11 is 0. The number of nitrogens with zero attached hydrogens (tertiary/aromatic N) is 1.